The second kappa shape index (κ2) is 6.02. The summed E-state index contributed by atoms with van der Waals surface area (Å²) in [6.45, 7) is 13.7. The van der Waals surface area contributed by atoms with Crippen LogP contribution in [0.15, 0.2) is 0 Å². The van der Waals surface area contributed by atoms with Gasteiger partial charge in [-0.15, -0.1) is 0 Å². The van der Waals surface area contributed by atoms with Crippen LogP contribution in [-0.4, -0.2) is 41.8 Å². The third kappa shape index (κ3) is 2.86. The lowest BCUT2D eigenvalue weighted by Crippen LogP contribution is -2.47. The van der Waals surface area contributed by atoms with E-state index in [-0.39, 0.29) is 18.1 Å². The fraction of sp³-hybridized carbons (Fsp3) is 0.929. The summed E-state index contributed by atoms with van der Waals surface area (Å²) in [5, 5.41) is 3.49. The lowest BCUT2D eigenvalue weighted by atomic mass is 9.99. The first-order chi connectivity index (χ1) is 8.37. The third-order valence-electron chi connectivity index (χ3n) is 3.85. The van der Waals surface area contributed by atoms with Gasteiger partial charge in [-0.25, -0.2) is 0 Å². The second-order valence-electron chi connectivity index (χ2n) is 5.74. The van der Waals surface area contributed by atoms with Gasteiger partial charge < -0.3 is 9.64 Å². The van der Waals surface area contributed by atoms with Crippen LogP contribution in [0.2, 0.25) is 0 Å². The fourth-order valence-corrected chi connectivity index (χ4v) is 2.45. The van der Waals surface area contributed by atoms with Gasteiger partial charge in [0.25, 0.3) is 0 Å². The zero-order chi connectivity index (χ0) is 13.9. The van der Waals surface area contributed by atoms with Gasteiger partial charge >= 0.3 is 0 Å². The molecule has 0 aromatic rings. The molecule has 1 N–H and O–H groups in total. The molecule has 0 aromatic carbocycles. The highest BCUT2D eigenvalue weighted by atomic mass is 16.5. The number of nitrogens with zero attached hydrogens (tertiary/aromatic N) is 1. The Kier molecular flexibility index (Phi) is 5.17. The third-order valence-corrected chi connectivity index (χ3v) is 3.85. The molecule has 1 heterocycles. The van der Waals surface area contributed by atoms with E-state index in [1.165, 1.54) is 0 Å². The molecule has 0 aromatic heterocycles. The van der Waals surface area contributed by atoms with Crippen LogP contribution in [0, 0.1) is 5.92 Å². The lowest BCUT2D eigenvalue weighted by Gasteiger charge is -2.32. The predicted octanol–water partition coefficient (Wildman–Crippen LogP) is 1.99. The molecule has 0 aliphatic carbocycles. The molecule has 4 nitrogen and oxygen atoms in total. The number of ether oxygens (including phenoxy) is 1. The quantitative estimate of drug-likeness (QED) is 0.790. The van der Waals surface area contributed by atoms with E-state index in [2.05, 4.69) is 33.0 Å². The van der Waals surface area contributed by atoms with Gasteiger partial charge in [-0.2, -0.15) is 0 Å². The normalized spacial score (nSPS) is 30.3. The van der Waals surface area contributed by atoms with Crippen molar-refractivity contribution in [3.8, 4) is 0 Å². The average molecular weight is 256 g/mol. The van der Waals surface area contributed by atoms with E-state index in [4.69, 9.17) is 4.74 Å². The Bertz CT molecular complexity index is 294. The highest BCUT2D eigenvalue weighted by molar-refractivity contribution is 5.88. The van der Waals surface area contributed by atoms with Crippen LogP contribution in [0.5, 0.6) is 0 Å². The molecule has 0 bridgehead atoms. The summed E-state index contributed by atoms with van der Waals surface area (Å²) < 4.78 is 5.46. The molecular formula is C14H28N2O2. The van der Waals surface area contributed by atoms with Gasteiger partial charge in [0.1, 0.15) is 0 Å². The molecule has 106 valence electrons. The Morgan fingerprint density at radius 1 is 1.39 bits per heavy atom. The molecule has 3 unspecified atom stereocenters. The van der Waals surface area contributed by atoms with E-state index in [0.29, 0.717) is 19.1 Å². The first-order valence-electron chi connectivity index (χ1n) is 7.05. The van der Waals surface area contributed by atoms with Gasteiger partial charge in [-0.1, -0.05) is 20.8 Å². The molecular weight excluding hydrogens is 228 g/mol. The molecule has 4 heteroatoms. The zero-order valence-corrected chi connectivity index (χ0v) is 12.6. The van der Waals surface area contributed by atoms with Crippen LogP contribution < -0.4 is 5.32 Å². The first kappa shape index (κ1) is 15.4. The predicted molar refractivity (Wildman–Crippen MR) is 73.3 cm³/mol. The Hall–Kier alpha value is -0.610. The number of carbonyl (C=O) groups excluding carboxylic acids is 1. The van der Waals surface area contributed by atoms with Crippen molar-refractivity contribution < 1.29 is 9.53 Å². The van der Waals surface area contributed by atoms with E-state index in [1.54, 1.807) is 0 Å². The zero-order valence-electron chi connectivity index (χ0n) is 12.6. The van der Waals surface area contributed by atoms with Crippen LogP contribution in [-0.2, 0) is 9.53 Å². The average Bonchev–Trinajstić information content (AvgIpc) is 2.60. The van der Waals surface area contributed by atoms with Crippen molar-refractivity contribution in [1.82, 2.24) is 10.2 Å². The fourth-order valence-electron chi connectivity index (χ4n) is 2.45. The number of amides is 1. The topological polar surface area (TPSA) is 41.6 Å². The maximum atomic E-state index is 12.6. The lowest BCUT2D eigenvalue weighted by molar-refractivity contribution is -0.136. The van der Waals surface area contributed by atoms with Gasteiger partial charge in [0, 0.05) is 6.61 Å². The summed E-state index contributed by atoms with van der Waals surface area (Å²) in [6.07, 6.45) is 0.922. The van der Waals surface area contributed by atoms with Crippen LogP contribution in [0.3, 0.4) is 0 Å². The van der Waals surface area contributed by atoms with E-state index in [9.17, 15) is 4.79 Å². The molecule has 1 fully saturated rings. The molecule has 1 aliphatic heterocycles. The molecule has 1 rings (SSSR count). The van der Waals surface area contributed by atoms with Gasteiger partial charge in [0.15, 0.2) is 0 Å². The minimum atomic E-state index is -0.421. The molecule has 0 radical (unpaired) electrons. The molecule has 1 saturated heterocycles. The SMILES string of the molecule is CCOCC(C)N1C(=O)C(C)(CC)NC1C(C)C. The Morgan fingerprint density at radius 2 is 2.00 bits per heavy atom. The van der Waals surface area contributed by atoms with Crippen LogP contribution >= 0.6 is 0 Å². The van der Waals surface area contributed by atoms with Crippen molar-refractivity contribution in [3.05, 3.63) is 0 Å². The van der Waals surface area contributed by atoms with E-state index < -0.39 is 5.54 Å². The molecule has 0 spiro atoms. The molecule has 0 saturated carbocycles. The number of carbonyl (C=O) groups is 1. The van der Waals surface area contributed by atoms with Crippen LogP contribution in [0.1, 0.15) is 48.0 Å². The first-order valence-corrected chi connectivity index (χ1v) is 7.05. The Morgan fingerprint density at radius 3 is 2.44 bits per heavy atom. The van der Waals surface area contributed by atoms with Gasteiger partial charge in [-0.05, 0) is 33.1 Å². The summed E-state index contributed by atoms with van der Waals surface area (Å²) in [6, 6.07) is 0.116. The van der Waals surface area contributed by atoms with Crippen molar-refractivity contribution in [3.63, 3.8) is 0 Å². The smallest absolute Gasteiger partial charge is 0.244 e. The van der Waals surface area contributed by atoms with Crippen LogP contribution in [0.25, 0.3) is 0 Å². The van der Waals surface area contributed by atoms with Crippen LogP contribution in [0.4, 0.5) is 0 Å². The highest BCUT2D eigenvalue weighted by Gasteiger charge is 2.49. The van der Waals surface area contributed by atoms with Crippen molar-refractivity contribution in [2.24, 2.45) is 5.92 Å². The maximum absolute atomic E-state index is 12.6. The number of hydrogen-bond acceptors (Lipinski definition) is 3. The highest BCUT2D eigenvalue weighted by Crippen LogP contribution is 2.28. The summed E-state index contributed by atoms with van der Waals surface area (Å²) in [5.41, 5.74) is -0.421. The second-order valence-corrected chi connectivity index (χ2v) is 5.74. The van der Waals surface area contributed by atoms with E-state index in [1.807, 2.05) is 18.7 Å². The number of hydrogen-bond donors (Lipinski definition) is 1. The summed E-state index contributed by atoms with van der Waals surface area (Å²) in [7, 11) is 0. The van der Waals surface area contributed by atoms with Crippen molar-refractivity contribution >= 4 is 5.91 Å². The van der Waals surface area contributed by atoms with Crippen molar-refractivity contribution in [2.75, 3.05) is 13.2 Å². The van der Waals surface area contributed by atoms with Gasteiger partial charge in [-0.3, -0.25) is 10.1 Å². The molecule has 3 atom stereocenters. The Balaban J connectivity index is 2.87. The minimum Gasteiger partial charge on any atom is -0.380 e. The summed E-state index contributed by atoms with van der Waals surface area (Å²) in [5.74, 6) is 0.599. The van der Waals surface area contributed by atoms with E-state index >= 15 is 0 Å². The van der Waals surface area contributed by atoms with E-state index in [0.717, 1.165) is 6.42 Å². The molecule has 1 aliphatic rings. The van der Waals surface area contributed by atoms with Gasteiger partial charge in [0.05, 0.1) is 24.4 Å². The molecule has 18 heavy (non-hydrogen) atoms. The maximum Gasteiger partial charge on any atom is 0.244 e. The summed E-state index contributed by atoms with van der Waals surface area (Å²) in [4.78, 5) is 14.6. The summed E-state index contributed by atoms with van der Waals surface area (Å²) >= 11 is 0. The number of rotatable bonds is 6. The largest absolute Gasteiger partial charge is 0.380 e. The minimum absolute atomic E-state index is 0.109. The van der Waals surface area contributed by atoms with Crippen molar-refractivity contribution in [1.29, 1.82) is 0 Å². The monoisotopic (exact) mass is 256 g/mol. The Labute approximate surface area is 111 Å². The van der Waals surface area contributed by atoms with Gasteiger partial charge in [0.2, 0.25) is 5.91 Å². The molecule has 1 amide bonds. The standard InChI is InChI=1S/C14H28N2O2/c1-7-14(6)13(17)16(11(5)9-18-8-2)12(15-14)10(3)4/h10-12,15H,7-9H2,1-6H3. The number of nitrogens with one attached hydrogen (secondary N) is 1. The van der Waals surface area contributed by atoms with Crippen molar-refractivity contribution in [2.45, 2.75) is 65.7 Å².